The van der Waals surface area contributed by atoms with Gasteiger partial charge in [-0.05, 0) is 31.5 Å². The van der Waals surface area contributed by atoms with E-state index in [9.17, 15) is 8.42 Å². The van der Waals surface area contributed by atoms with Crippen LogP contribution in [0.15, 0.2) is 41.3 Å². The second kappa shape index (κ2) is 6.68. The number of rotatable bonds is 7. The highest BCUT2D eigenvalue weighted by molar-refractivity contribution is 7.89. The van der Waals surface area contributed by atoms with Crippen LogP contribution < -0.4 is 4.72 Å². The van der Waals surface area contributed by atoms with Crippen LogP contribution in [0.5, 0.6) is 0 Å². The van der Waals surface area contributed by atoms with Gasteiger partial charge in [0.1, 0.15) is 0 Å². The van der Waals surface area contributed by atoms with Crippen LogP contribution in [0.2, 0.25) is 0 Å². The largest absolute Gasteiger partial charge is 0.376 e. The fourth-order valence-electron chi connectivity index (χ4n) is 1.36. The lowest BCUT2D eigenvalue weighted by atomic mass is 10.2. The van der Waals surface area contributed by atoms with Crippen LogP contribution in [0.1, 0.15) is 12.5 Å². The Labute approximate surface area is 109 Å². The van der Waals surface area contributed by atoms with Gasteiger partial charge < -0.3 is 4.74 Å². The van der Waals surface area contributed by atoms with Crippen LogP contribution in [-0.2, 0) is 14.8 Å². The quantitative estimate of drug-likeness (QED) is 0.607. The zero-order valence-corrected chi connectivity index (χ0v) is 11.6. The zero-order valence-electron chi connectivity index (χ0n) is 10.8. The van der Waals surface area contributed by atoms with E-state index in [0.29, 0.717) is 13.2 Å². The standard InChI is InChI=1S/C13H19NO3S/c1-11(2)10-17-8-7-14-18(15,16)13-6-4-5-12(3)9-13/h4-6,9,14H,1,7-8,10H2,2-3H3. The first-order chi connectivity index (χ1) is 8.42. The Morgan fingerprint density at radius 2 is 2.17 bits per heavy atom. The maximum Gasteiger partial charge on any atom is 0.240 e. The molecule has 5 heteroatoms. The van der Waals surface area contributed by atoms with Crippen LogP contribution in [0.4, 0.5) is 0 Å². The predicted octanol–water partition coefficient (Wildman–Crippen LogP) is 1.87. The SMILES string of the molecule is C=C(C)COCCNS(=O)(=O)c1cccc(C)c1. The molecule has 0 saturated carbocycles. The summed E-state index contributed by atoms with van der Waals surface area (Å²) < 4.78 is 31.5. The summed E-state index contributed by atoms with van der Waals surface area (Å²) in [6, 6.07) is 6.79. The summed E-state index contributed by atoms with van der Waals surface area (Å²) in [7, 11) is -3.44. The molecule has 0 spiro atoms. The number of ether oxygens (including phenoxy) is 1. The van der Waals surface area contributed by atoms with Crippen molar-refractivity contribution in [2.24, 2.45) is 0 Å². The van der Waals surface area contributed by atoms with Crippen molar-refractivity contribution in [1.82, 2.24) is 4.72 Å². The van der Waals surface area contributed by atoms with Gasteiger partial charge in [-0.15, -0.1) is 0 Å². The minimum atomic E-state index is -3.44. The normalized spacial score (nSPS) is 11.4. The minimum Gasteiger partial charge on any atom is -0.376 e. The molecular formula is C13H19NO3S. The maximum atomic E-state index is 11.9. The van der Waals surface area contributed by atoms with Gasteiger partial charge in [0, 0.05) is 6.54 Å². The number of nitrogens with one attached hydrogen (secondary N) is 1. The third kappa shape index (κ3) is 5.00. The van der Waals surface area contributed by atoms with Gasteiger partial charge in [-0.1, -0.05) is 24.3 Å². The van der Waals surface area contributed by atoms with E-state index in [1.165, 1.54) is 0 Å². The van der Waals surface area contributed by atoms with Crippen LogP contribution in [-0.4, -0.2) is 28.2 Å². The summed E-state index contributed by atoms with van der Waals surface area (Å²) in [5.41, 5.74) is 1.83. The molecular weight excluding hydrogens is 250 g/mol. The zero-order chi connectivity index (χ0) is 13.6. The summed E-state index contributed by atoms with van der Waals surface area (Å²) >= 11 is 0. The molecule has 0 fully saturated rings. The van der Waals surface area contributed by atoms with Gasteiger partial charge in [0.15, 0.2) is 0 Å². The highest BCUT2D eigenvalue weighted by Crippen LogP contribution is 2.10. The van der Waals surface area contributed by atoms with Crippen LogP contribution in [0.3, 0.4) is 0 Å². The molecule has 0 aliphatic carbocycles. The second-order valence-corrected chi connectivity index (χ2v) is 5.99. The average Bonchev–Trinajstić information content (AvgIpc) is 2.28. The van der Waals surface area contributed by atoms with Crippen molar-refractivity contribution >= 4 is 10.0 Å². The number of hydrogen-bond donors (Lipinski definition) is 1. The van der Waals surface area contributed by atoms with Gasteiger partial charge in [-0.2, -0.15) is 0 Å². The molecule has 0 heterocycles. The molecule has 1 aromatic rings. The van der Waals surface area contributed by atoms with Crippen molar-refractivity contribution in [3.63, 3.8) is 0 Å². The Bertz CT molecular complexity index is 509. The molecule has 0 bridgehead atoms. The summed E-state index contributed by atoms with van der Waals surface area (Å²) in [6.45, 7) is 8.44. The summed E-state index contributed by atoms with van der Waals surface area (Å²) in [5.74, 6) is 0. The molecule has 4 nitrogen and oxygen atoms in total. The molecule has 0 saturated heterocycles. The third-order valence-electron chi connectivity index (χ3n) is 2.19. The van der Waals surface area contributed by atoms with E-state index in [1.54, 1.807) is 18.2 Å². The van der Waals surface area contributed by atoms with Gasteiger partial charge in [-0.25, -0.2) is 13.1 Å². The Hall–Kier alpha value is -1.17. The van der Waals surface area contributed by atoms with Crippen LogP contribution >= 0.6 is 0 Å². The van der Waals surface area contributed by atoms with Crippen molar-refractivity contribution in [3.8, 4) is 0 Å². The van der Waals surface area contributed by atoms with Crippen LogP contribution in [0.25, 0.3) is 0 Å². The summed E-state index contributed by atoms with van der Waals surface area (Å²) in [6.07, 6.45) is 0. The molecule has 0 aromatic heterocycles. The van der Waals surface area contributed by atoms with E-state index in [0.717, 1.165) is 11.1 Å². The molecule has 0 atom stereocenters. The summed E-state index contributed by atoms with van der Waals surface area (Å²) in [4.78, 5) is 0.280. The molecule has 1 rings (SSSR count). The molecule has 1 N–H and O–H groups in total. The first-order valence-electron chi connectivity index (χ1n) is 5.70. The molecule has 0 aliphatic rings. The number of benzene rings is 1. The first-order valence-corrected chi connectivity index (χ1v) is 7.18. The Kier molecular flexibility index (Phi) is 5.53. The molecule has 18 heavy (non-hydrogen) atoms. The number of aryl methyl sites for hydroxylation is 1. The lowest BCUT2D eigenvalue weighted by molar-refractivity contribution is 0.162. The van der Waals surface area contributed by atoms with E-state index >= 15 is 0 Å². The van der Waals surface area contributed by atoms with Crippen molar-refractivity contribution in [2.45, 2.75) is 18.7 Å². The topological polar surface area (TPSA) is 55.4 Å². The highest BCUT2D eigenvalue weighted by atomic mass is 32.2. The van der Waals surface area contributed by atoms with Crippen molar-refractivity contribution in [1.29, 1.82) is 0 Å². The van der Waals surface area contributed by atoms with E-state index in [4.69, 9.17) is 4.74 Å². The number of hydrogen-bond acceptors (Lipinski definition) is 3. The average molecular weight is 269 g/mol. The van der Waals surface area contributed by atoms with Gasteiger partial charge in [-0.3, -0.25) is 0 Å². The molecule has 0 amide bonds. The number of sulfonamides is 1. The fraction of sp³-hybridized carbons (Fsp3) is 0.385. The van der Waals surface area contributed by atoms with E-state index in [2.05, 4.69) is 11.3 Å². The molecule has 0 aliphatic heterocycles. The van der Waals surface area contributed by atoms with Crippen molar-refractivity contribution in [2.75, 3.05) is 19.8 Å². The molecule has 1 aromatic carbocycles. The molecule has 0 radical (unpaired) electrons. The minimum absolute atomic E-state index is 0.254. The van der Waals surface area contributed by atoms with Gasteiger partial charge in [0.25, 0.3) is 0 Å². The van der Waals surface area contributed by atoms with Gasteiger partial charge in [0.2, 0.25) is 10.0 Å². The Balaban J connectivity index is 2.48. The molecule has 0 unspecified atom stereocenters. The van der Waals surface area contributed by atoms with E-state index < -0.39 is 10.0 Å². The Morgan fingerprint density at radius 1 is 1.44 bits per heavy atom. The van der Waals surface area contributed by atoms with Gasteiger partial charge in [0.05, 0.1) is 18.1 Å². The fourth-order valence-corrected chi connectivity index (χ4v) is 2.48. The predicted molar refractivity (Wildman–Crippen MR) is 72.0 cm³/mol. The Morgan fingerprint density at radius 3 is 2.78 bits per heavy atom. The summed E-state index contributed by atoms with van der Waals surface area (Å²) in [5, 5.41) is 0. The lowest BCUT2D eigenvalue weighted by Crippen LogP contribution is -2.27. The maximum absolute atomic E-state index is 11.9. The van der Waals surface area contributed by atoms with E-state index in [1.807, 2.05) is 19.9 Å². The van der Waals surface area contributed by atoms with Crippen LogP contribution in [0, 0.1) is 6.92 Å². The molecule has 100 valence electrons. The van der Waals surface area contributed by atoms with Crippen molar-refractivity contribution in [3.05, 3.63) is 42.0 Å². The third-order valence-corrected chi connectivity index (χ3v) is 3.65. The smallest absolute Gasteiger partial charge is 0.240 e. The lowest BCUT2D eigenvalue weighted by Gasteiger charge is -2.08. The van der Waals surface area contributed by atoms with Gasteiger partial charge >= 0.3 is 0 Å². The second-order valence-electron chi connectivity index (χ2n) is 4.22. The first kappa shape index (κ1) is 14.9. The monoisotopic (exact) mass is 269 g/mol. The highest BCUT2D eigenvalue weighted by Gasteiger charge is 2.12. The van der Waals surface area contributed by atoms with Crippen molar-refractivity contribution < 1.29 is 13.2 Å². The van der Waals surface area contributed by atoms with E-state index in [-0.39, 0.29) is 11.4 Å².